The molecule has 0 aliphatic carbocycles. The molecule has 2 atom stereocenters. The maximum atomic E-state index is 12.4. The molecule has 2 aromatic rings. The van der Waals surface area contributed by atoms with E-state index in [0.29, 0.717) is 24.5 Å². The minimum absolute atomic E-state index is 0.0336. The maximum absolute atomic E-state index is 12.4. The molecule has 1 amide bonds. The van der Waals surface area contributed by atoms with Gasteiger partial charge in [0.2, 0.25) is 5.91 Å². The molecule has 7 nitrogen and oxygen atoms in total. The van der Waals surface area contributed by atoms with Gasteiger partial charge in [-0.15, -0.1) is 11.3 Å². The molecule has 2 aliphatic heterocycles. The zero-order chi connectivity index (χ0) is 17.6. The lowest BCUT2D eigenvalue weighted by atomic mass is 9.85. The third kappa shape index (κ3) is 3.09. The number of hydrogen-bond acceptors (Lipinski definition) is 6. The third-order valence-corrected chi connectivity index (χ3v) is 6.18. The number of hydrogen-bond donors (Lipinski definition) is 2. The normalized spacial score (nSPS) is 29.1. The maximum Gasteiger partial charge on any atom is 0.240 e. The third-order valence-electron chi connectivity index (χ3n) is 5.35. The zero-order valence-corrected chi connectivity index (χ0v) is 15.3. The molecule has 2 aliphatic rings. The Morgan fingerprint density at radius 3 is 2.68 bits per heavy atom. The minimum Gasteiger partial charge on any atom is -0.382 e. The zero-order valence-electron chi connectivity index (χ0n) is 14.5. The first-order chi connectivity index (χ1) is 11.9. The van der Waals surface area contributed by atoms with Crippen LogP contribution in [0, 0.1) is 6.92 Å². The second-order valence-electron chi connectivity index (χ2n) is 7.18. The molecule has 2 aromatic heterocycles. The van der Waals surface area contributed by atoms with E-state index < -0.39 is 5.60 Å². The molecule has 2 saturated heterocycles. The summed E-state index contributed by atoms with van der Waals surface area (Å²) in [6, 6.07) is 0.425. The monoisotopic (exact) mass is 361 g/mol. The van der Waals surface area contributed by atoms with Crippen LogP contribution in [-0.2, 0) is 17.4 Å². The van der Waals surface area contributed by atoms with Crippen LogP contribution >= 0.6 is 11.3 Å². The lowest BCUT2D eigenvalue weighted by molar-refractivity contribution is -0.121. The number of thiazole rings is 1. The van der Waals surface area contributed by atoms with Crippen molar-refractivity contribution in [3.8, 4) is 0 Å². The molecule has 0 saturated carbocycles. The molecule has 2 bridgehead atoms. The Bertz CT molecular complexity index is 772. The molecule has 0 aromatic carbocycles. The van der Waals surface area contributed by atoms with Crippen molar-refractivity contribution >= 4 is 22.4 Å². The van der Waals surface area contributed by atoms with Gasteiger partial charge in [0.25, 0.3) is 0 Å². The number of imidazole rings is 1. The van der Waals surface area contributed by atoms with E-state index >= 15 is 0 Å². The van der Waals surface area contributed by atoms with E-state index in [1.807, 2.05) is 24.7 Å². The number of aryl methyl sites for hydroxylation is 2. The van der Waals surface area contributed by atoms with Crippen LogP contribution in [-0.4, -0.2) is 49.1 Å². The summed E-state index contributed by atoms with van der Waals surface area (Å²) in [5.41, 5.74) is -0.899. The second-order valence-corrected chi connectivity index (χ2v) is 8.42. The molecule has 0 radical (unpaired) electrons. The highest BCUT2D eigenvalue weighted by Crippen LogP contribution is 2.44. The first kappa shape index (κ1) is 16.7. The lowest BCUT2D eigenvalue weighted by Crippen LogP contribution is -2.52. The molecular weight excluding hydrogens is 338 g/mol. The van der Waals surface area contributed by atoms with Gasteiger partial charge < -0.3 is 15.0 Å². The highest BCUT2D eigenvalue weighted by Gasteiger charge is 2.50. The summed E-state index contributed by atoms with van der Waals surface area (Å²) in [5.74, 6) is 0.695. The SMILES string of the molecule is Cc1cnc(NC(=O)CN2C3CCC2CC(O)(c2nccn2C)C3)s1. The van der Waals surface area contributed by atoms with E-state index in [2.05, 4.69) is 20.2 Å². The smallest absolute Gasteiger partial charge is 0.240 e. The summed E-state index contributed by atoms with van der Waals surface area (Å²) in [6.45, 7) is 2.32. The van der Waals surface area contributed by atoms with E-state index in [4.69, 9.17) is 0 Å². The molecule has 8 heteroatoms. The van der Waals surface area contributed by atoms with Crippen LogP contribution in [0.4, 0.5) is 5.13 Å². The summed E-state index contributed by atoms with van der Waals surface area (Å²) in [7, 11) is 1.91. The fraction of sp³-hybridized carbons (Fsp3) is 0.588. The molecule has 0 spiro atoms. The molecule has 25 heavy (non-hydrogen) atoms. The number of carbonyl (C=O) groups is 1. The topological polar surface area (TPSA) is 83.3 Å². The van der Waals surface area contributed by atoms with E-state index in [1.54, 1.807) is 12.4 Å². The fourth-order valence-corrected chi connectivity index (χ4v) is 4.99. The van der Waals surface area contributed by atoms with Gasteiger partial charge in [-0.1, -0.05) is 0 Å². The standard InChI is InChI=1S/C17H23N5O2S/c1-11-9-19-16(25-11)20-14(23)10-22-12-3-4-13(22)8-17(24,7-12)15-18-5-6-21(15)2/h5-6,9,12-13,24H,3-4,7-8,10H2,1-2H3,(H,19,20,23). The van der Waals surface area contributed by atoms with Gasteiger partial charge in [0.15, 0.2) is 5.13 Å². The van der Waals surface area contributed by atoms with E-state index in [9.17, 15) is 9.90 Å². The largest absolute Gasteiger partial charge is 0.382 e. The van der Waals surface area contributed by atoms with Gasteiger partial charge in [0.1, 0.15) is 11.4 Å². The Kier molecular flexibility index (Phi) is 4.13. The molecule has 2 unspecified atom stereocenters. The fourth-order valence-electron chi connectivity index (χ4n) is 4.31. The van der Waals surface area contributed by atoms with Crippen molar-refractivity contribution in [2.75, 3.05) is 11.9 Å². The van der Waals surface area contributed by atoms with Crippen molar-refractivity contribution in [2.24, 2.45) is 7.05 Å². The highest BCUT2D eigenvalue weighted by molar-refractivity contribution is 7.15. The number of amides is 1. The number of anilines is 1. The summed E-state index contributed by atoms with van der Waals surface area (Å²) in [5, 5.41) is 14.7. The van der Waals surface area contributed by atoms with Crippen molar-refractivity contribution in [3.63, 3.8) is 0 Å². The van der Waals surface area contributed by atoms with Crippen LogP contribution in [0.25, 0.3) is 0 Å². The Morgan fingerprint density at radius 2 is 2.12 bits per heavy atom. The Labute approximate surface area is 150 Å². The second kappa shape index (κ2) is 6.19. The number of aliphatic hydroxyl groups is 1. The summed E-state index contributed by atoms with van der Waals surface area (Å²) < 4.78 is 1.90. The van der Waals surface area contributed by atoms with E-state index in [-0.39, 0.29) is 18.0 Å². The molecule has 4 rings (SSSR count). The summed E-state index contributed by atoms with van der Waals surface area (Å²) in [4.78, 5) is 24.3. The van der Waals surface area contributed by atoms with Gasteiger partial charge >= 0.3 is 0 Å². The number of carbonyl (C=O) groups excluding carboxylic acids is 1. The van der Waals surface area contributed by atoms with Gasteiger partial charge in [-0.2, -0.15) is 0 Å². The van der Waals surface area contributed by atoms with Crippen LogP contribution in [0.2, 0.25) is 0 Å². The number of nitrogens with one attached hydrogen (secondary N) is 1. The molecule has 2 N–H and O–H groups in total. The average molecular weight is 361 g/mol. The molecule has 4 heterocycles. The minimum atomic E-state index is -0.899. The number of fused-ring (bicyclic) bond motifs is 2. The molecular formula is C17H23N5O2S. The molecule has 134 valence electrons. The summed E-state index contributed by atoms with van der Waals surface area (Å²) in [6.07, 6.45) is 8.63. The first-order valence-corrected chi connectivity index (χ1v) is 9.44. The highest BCUT2D eigenvalue weighted by atomic mass is 32.1. The predicted molar refractivity (Wildman–Crippen MR) is 95.3 cm³/mol. The van der Waals surface area contributed by atoms with Crippen molar-refractivity contribution in [3.05, 3.63) is 29.3 Å². The van der Waals surface area contributed by atoms with Gasteiger partial charge in [-0.25, -0.2) is 9.97 Å². The van der Waals surface area contributed by atoms with Crippen LogP contribution in [0.3, 0.4) is 0 Å². The van der Waals surface area contributed by atoms with Gasteiger partial charge in [-0.3, -0.25) is 9.69 Å². The van der Waals surface area contributed by atoms with E-state index in [0.717, 1.165) is 23.5 Å². The Hall–Kier alpha value is -1.77. The molecule has 2 fully saturated rings. The Morgan fingerprint density at radius 1 is 1.40 bits per heavy atom. The van der Waals surface area contributed by atoms with Crippen molar-refractivity contribution in [1.82, 2.24) is 19.4 Å². The average Bonchev–Trinajstić information content (AvgIpc) is 3.21. The van der Waals surface area contributed by atoms with E-state index in [1.165, 1.54) is 11.3 Å². The van der Waals surface area contributed by atoms with Crippen molar-refractivity contribution in [2.45, 2.75) is 50.3 Å². The first-order valence-electron chi connectivity index (χ1n) is 8.63. The van der Waals surface area contributed by atoms with Gasteiger partial charge in [0, 0.05) is 42.6 Å². The van der Waals surface area contributed by atoms with Crippen molar-refractivity contribution in [1.29, 1.82) is 0 Å². The number of aromatic nitrogens is 3. The number of nitrogens with zero attached hydrogens (tertiary/aromatic N) is 4. The van der Waals surface area contributed by atoms with Crippen LogP contribution < -0.4 is 5.32 Å². The lowest BCUT2D eigenvalue weighted by Gasteiger charge is -2.43. The van der Waals surface area contributed by atoms with Crippen molar-refractivity contribution < 1.29 is 9.90 Å². The number of rotatable bonds is 4. The van der Waals surface area contributed by atoms with Gasteiger partial charge in [0.05, 0.1) is 6.54 Å². The van der Waals surface area contributed by atoms with Crippen LogP contribution in [0.5, 0.6) is 0 Å². The predicted octanol–water partition coefficient (Wildman–Crippen LogP) is 1.64. The van der Waals surface area contributed by atoms with Crippen LogP contribution in [0.1, 0.15) is 36.4 Å². The Balaban J connectivity index is 1.44. The van der Waals surface area contributed by atoms with Gasteiger partial charge in [-0.05, 0) is 32.6 Å². The summed E-state index contributed by atoms with van der Waals surface area (Å²) >= 11 is 1.48. The van der Waals surface area contributed by atoms with Crippen LogP contribution in [0.15, 0.2) is 18.6 Å². The number of piperidine rings is 1. The quantitative estimate of drug-likeness (QED) is 0.865.